The minimum atomic E-state index is -0.400. The van der Waals surface area contributed by atoms with Gasteiger partial charge in [-0.1, -0.05) is 23.4 Å². The molecule has 0 aliphatic heterocycles. The maximum absolute atomic E-state index is 13.6. The average molecular weight is 404 g/mol. The number of ether oxygens (including phenoxy) is 1. The fourth-order valence-electron chi connectivity index (χ4n) is 2.77. The van der Waals surface area contributed by atoms with E-state index < -0.39 is 5.97 Å². The molecule has 0 bridgehead atoms. The van der Waals surface area contributed by atoms with E-state index >= 15 is 0 Å². The van der Waals surface area contributed by atoms with Crippen molar-refractivity contribution in [3.63, 3.8) is 0 Å². The molecule has 0 saturated carbocycles. The van der Waals surface area contributed by atoms with Crippen LogP contribution in [-0.2, 0) is 9.53 Å². The smallest absolute Gasteiger partial charge is 0.330 e. The Balaban J connectivity index is 1.59. The van der Waals surface area contributed by atoms with E-state index in [0.717, 1.165) is 11.3 Å². The van der Waals surface area contributed by atoms with Gasteiger partial charge in [-0.15, -0.1) is 5.10 Å². The van der Waals surface area contributed by atoms with E-state index in [1.165, 1.54) is 29.1 Å². The number of hydrogen-bond acceptors (Lipinski definition) is 7. The molecule has 150 valence electrons. The van der Waals surface area contributed by atoms with E-state index in [2.05, 4.69) is 25.6 Å². The number of fused-ring (bicyclic) bond motifs is 1. The lowest BCUT2D eigenvalue weighted by Crippen LogP contribution is -2.02. The highest BCUT2D eigenvalue weighted by Crippen LogP contribution is 2.19. The Morgan fingerprint density at radius 3 is 2.93 bits per heavy atom. The van der Waals surface area contributed by atoms with Crippen molar-refractivity contribution in [2.75, 3.05) is 11.9 Å². The lowest BCUT2D eigenvalue weighted by molar-refractivity contribution is -0.137. The zero-order chi connectivity index (χ0) is 20.9. The molecule has 2 aromatic heterocycles. The molecule has 0 amide bonds. The van der Waals surface area contributed by atoms with Crippen LogP contribution in [0.5, 0.6) is 0 Å². The van der Waals surface area contributed by atoms with E-state index in [4.69, 9.17) is 4.74 Å². The molecule has 4 rings (SSSR count). The summed E-state index contributed by atoms with van der Waals surface area (Å²) in [5.74, 6) is -0.451. The maximum Gasteiger partial charge on any atom is 0.330 e. The number of carbonyl (C=O) groups excluding carboxylic acids is 1. The number of benzene rings is 2. The minimum Gasteiger partial charge on any atom is -0.463 e. The molecule has 0 spiro atoms. The molecule has 0 fully saturated rings. The first-order chi connectivity index (χ1) is 14.6. The molecule has 0 radical (unpaired) electrons. The molecule has 8 nitrogen and oxygen atoms in total. The second-order valence-corrected chi connectivity index (χ2v) is 6.22. The molecule has 0 unspecified atom stereocenters. The Morgan fingerprint density at radius 2 is 2.10 bits per heavy atom. The van der Waals surface area contributed by atoms with Crippen molar-refractivity contribution in [1.29, 1.82) is 0 Å². The third-order valence-corrected chi connectivity index (χ3v) is 4.09. The molecule has 0 aliphatic rings. The SMILES string of the molecule is CCOC(=O)C=Cc1cccc(Nc2ncc3nnn(-c4cccc(F)c4)c3n2)c1. The monoisotopic (exact) mass is 404 g/mol. The highest BCUT2D eigenvalue weighted by atomic mass is 19.1. The first-order valence-corrected chi connectivity index (χ1v) is 9.18. The van der Waals surface area contributed by atoms with Crippen molar-refractivity contribution in [3.05, 3.63) is 72.2 Å². The van der Waals surface area contributed by atoms with E-state index in [1.54, 1.807) is 25.1 Å². The summed E-state index contributed by atoms with van der Waals surface area (Å²) in [5.41, 5.74) is 2.96. The van der Waals surface area contributed by atoms with Gasteiger partial charge in [0, 0.05) is 11.8 Å². The fraction of sp³-hybridized carbons (Fsp3) is 0.0952. The molecule has 0 saturated heterocycles. The number of nitrogens with zero attached hydrogens (tertiary/aromatic N) is 5. The number of anilines is 2. The first kappa shape index (κ1) is 19.2. The molecule has 0 atom stereocenters. The molecule has 1 N–H and O–H groups in total. The normalized spacial score (nSPS) is 11.1. The molecule has 30 heavy (non-hydrogen) atoms. The van der Waals surface area contributed by atoms with Crippen LogP contribution in [0.4, 0.5) is 16.0 Å². The third-order valence-electron chi connectivity index (χ3n) is 4.09. The van der Waals surface area contributed by atoms with Gasteiger partial charge in [-0.2, -0.15) is 9.67 Å². The van der Waals surface area contributed by atoms with E-state index in [-0.39, 0.29) is 5.82 Å². The van der Waals surface area contributed by atoms with Crippen molar-refractivity contribution in [2.45, 2.75) is 6.92 Å². The van der Waals surface area contributed by atoms with Gasteiger partial charge in [-0.05, 0) is 48.9 Å². The number of hydrogen-bond donors (Lipinski definition) is 1. The van der Waals surface area contributed by atoms with Gasteiger partial charge in [-0.25, -0.2) is 14.2 Å². The second-order valence-electron chi connectivity index (χ2n) is 6.22. The highest BCUT2D eigenvalue weighted by Gasteiger charge is 2.11. The Kier molecular flexibility index (Phi) is 5.42. The quantitative estimate of drug-likeness (QED) is 0.387. The molecular weight excluding hydrogens is 387 g/mol. The van der Waals surface area contributed by atoms with Gasteiger partial charge in [0.25, 0.3) is 0 Å². The summed E-state index contributed by atoms with van der Waals surface area (Å²) < 4.78 is 19.9. The van der Waals surface area contributed by atoms with Crippen LogP contribution in [0, 0.1) is 5.82 Å². The van der Waals surface area contributed by atoms with Gasteiger partial charge in [-0.3, -0.25) is 0 Å². The number of esters is 1. The largest absolute Gasteiger partial charge is 0.463 e. The number of carbonyl (C=O) groups is 1. The first-order valence-electron chi connectivity index (χ1n) is 9.18. The third kappa shape index (κ3) is 4.30. The highest BCUT2D eigenvalue weighted by molar-refractivity contribution is 5.87. The predicted molar refractivity (Wildman–Crippen MR) is 110 cm³/mol. The minimum absolute atomic E-state index is 0.325. The topological polar surface area (TPSA) is 94.8 Å². The Hall–Kier alpha value is -4.14. The van der Waals surface area contributed by atoms with Crippen molar-refractivity contribution in [2.24, 2.45) is 0 Å². The summed E-state index contributed by atoms with van der Waals surface area (Å²) in [6.45, 7) is 2.08. The van der Waals surface area contributed by atoms with E-state index in [1.807, 2.05) is 24.3 Å². The molecular formula is C21H17FN6O2. The van der Waals surface area contributed by atoms with Crippen LogP contribution >= 0.6 is 0 Å². The van der Waals surface area contributed by atoms with Crippen LogP contribution in [-0.4, -0.2) is 37.5 Å². The Morgan fingerprint density at radius 1 is 1.23 bits per heavy atom. The summed E-state index contributed by atoms with van der Waals surface area (Å²) in [6, 6.07) is 13.4. The molecule has 9 heteroatoms. The van der Waals surface area contributed by atoms with Crippen LogP contribution < -0.4 is 5.32 Å². The summed E-state index contributed by atoms with van der Waals surface area (Å²) in [6.07, 6.45) is 4.57. The van der Waals surface area contributed by atoms with Gasteiger partial charge < -0.3 is 10.1 Å². The van der Waals surface area contributed by atoms with Gasteiger partial charge >= 0.3 is 5.97 Å². The summed E-state index contributed by atoms with van der Waals surface area (Å²) in [7, 11) is 0. The summed E-state index contributed by atoms with van der Waals surface area (Å²) >= 11 is 0. The lowest BCUT2D eigenvalue weighted by atomic mass is 10.2. The van der Waals surface area contributed by atoms with Crippen LogP contribution in [0.15, 0.2) is 60.8 Å². The van der Waals surface area contributed by atoms with Crippen LogP contribution in [0.2, 0.25) is 0 Å². The van der Waals surface area contributed by atoms with Crippen molar-refractivity contribution in [1.82, 2.24) is 25.0 Å². The van der Waals surface area contributed by atoms with Crippen molar-refractivity contribution < 1.29 is 13.9 Å². The number of rotatable bonds is 6. The zero-order valence-corrected chi connectivity index (χ0v) is 16.0. The van der Waals surface area contributed by atoms with E-state index in [9.17, 15) is 9.18 Å². The average Bonchev–Trinajstić information content (AvgIpc) is 3.16. The summed E-state index contributed by atoms with van der Waals surface area (Å²) in [5, 5.41) is 11.2. The molecule has 2 aromatic carbocycles. The number of aromatic nitrogens is 5. The Bertz CT molecular complexity index is 1240. The number of nitrogens with one attached hydrogen (secondary N) is 1. The van der Waals surface area contributed by atoms with Gasteiger partial charge in [0.05, 0.1) is 18.5 Å². The zero-order valence-electron chi connectivity index (χ0n) is 16.0. The van der Waals surface area contributed by atoms with Gasteiger partial charge in [0.1, 0.15) is 5.82 Å². The second kappa shape index (κ2) is 8.48. The molecule has 0 aliphatic carbocycles. The molecule has 2 heterocycles. The van der Waals surface area contributed by atoms with Crippen LogP contribution in [0.3, 0.4) is 0 Å². The van der Waals surface area contributed by atoms with Crippen LogP contribution in [0.25, 0.3) is 22.9 Å². The predicted octanol–water partition coefficient (Wildman–Crippen LogP) is 3.67. The maximum atomic E-state index is 13.6. The summed E-state index contributed by atoms with van der Waals surface area (Å²) in [4.78, 5) is 20.2. The Labute approximate surface area is 171 Å². The van der Waals surface area contributed by atoms with Crippen molar-refractivity contribution in [3.8, 4) is 5.69 Å². The van der Waals surface area contributed by atoms with Crippen LogP contribution in [0.1, 0.15) is 12.5 Å². The standard InChI is InChI=1S/C21H17FN6O2/c1-2-30-19(29)10-9-14-5-3-7-16(11-14)24-21-23-13-18-20(25-21)28(27-26-18)17-8-4-6-15(22)12-17/h3-13H,2H2,1H3,(H,23,24,25). The van der Waals surface area contributed by atoms with Gasteiger partial charge in [0.15, 0.2) is 11.2 Å². The number of halogens is 1. The van der Waals surface area contributed by atoms with E-state index in [0.29, 0.717) is 29.4 Å². The fourth-order valence-corrected chi connectivity index (χ4v) is 2.77. The molecule has 4 aromatic rings. The lowest BCUT2D eigenvalue weighted by Gasteiger charge is -2.06. The van der Waals surface area contributed by atoms with Crippen molar-refractivity contribution >= 4 is 34.8 Å². The van der Waals surface area contributed by atoms with Gasteiger partial charge in [0.2, 0.25) is 5.95 Å².